The smallest absolute Gasteiger partial charge is 0.348 e. The molecule has 0 bridgehead atoms. The van der Waals surface area contributed by atoms with Crippen molar-refractivity contribution in [2.75, 3.05) is 6.61 Å². The molecule has 1 heterocycles. The molecule has 5 heteroatoms. The first kappa shape index (κ1) is 15.7. The van der Waals surface area contributed by atoms with Crippen LogP contribution in [0, 0.1) is 0 Å². The van der Waals surface area contributed by atoms with Crippen LogP contribution in [0.25, 0.3) is 11.0 Å². The van der Waals surface area contributed by atoms with E-state index in [2.05, 4.69) is 24.5 Å². The van der Waals surface area contributed by atoms with Gasteiger partial charge in [-0.05, 0) is 32.9 Å². The van der Waals surface area contributed by atoms with Crippen molar-refractivity contribution in [3.8, 4) is 0 Å². The summed E-state index contributed by atoms with van der Waals surface area (Å²) < 4.78 is 9.09. The molecule has 2 rings (SSSR count). The first-order valence-corrected chi connectivity index (χ1v) is 6.28. The average Bonchev–Trinajstić information content (AvgIpc) is 2.69. The van der Waals surface area contributed by atoms with E-state index in [9.17, 15) is 4.79 Å². The van der Waals surface area contributed by atoms with Crippen LogP contribution in [0.15, 0.2) is 30.6 Å². The molecule has 0 spiro atoms. The molecule has 0 atom stereocenters. The normalized spacial score (nSPS) is 10.5. The van der Waals surface area contributed by atoms with E-state index in [1.54, 1.807) is 0 Å². The quantitative estimate of drug-likeness (QED) is 0.538. The minimum atomic E-state index is -0.200. The van der Waals surface area contributed by atoms with Crippen molar-refractivity contribution in [2.45, 2.75) is 33.4 Å². The first-order chi connectivity index (χ1) is 8.63. The van der Waals surface area contributed by atoms with Gasteiger partial charge in [-0.25, -0.2) is 13.9 Å². The number of aromatic nitrogens is 2. The van der Waals surface area contributed by atoms with E-state index in [0.717, 1.165) is 11.0 Å². The fourth-order valence-electron chi connectivity index (χ4n) is 2.08. The average molecular weight is 327 g/mol. The molecule has 0 radical (unpaired) electrons. The van der Waals surface area contributed by atoms with Gasteiger partial charge in [-0.3, -0.25) is 0 Å². The number of ether oxygens (including phenoxy) is 1. The van der Waals surface area contributed by atoms with Gasteiger partial charge in [0.1, 0.15) is 0 Å². The zero-order chi connectivity index (χ0) is 13.1. The predicted molar refractivity (Wildman–Crippen MR) is 69.2 cm³/mol. The van der Waals surface area contributed by atoms with E-state index in [0.29, 0.717) is 12.6 Å². The van der Waals surface area contributed by atoms with Gasteiger partial charge in [0.05, 0.1) is 12.6 Å². The van der Waals surface area contributed by atoms with Gasteiger partial charge in [-0.15, -0.1) is 0 Å². The van der Waals surface area contributed by atoms with Crippen LogP contribution in [-0.2, 0) is 16.1 Å². The predicted octanol–water partition coefficient (Wildman–Crippen LogP) is -0.923. The number of carbonyl (C=O) groups is 1. The summed E-state index contributed by atoms with van der Waals surface area (Å²) in [4.78, 5) is 11.6. The van der Waals surface area contributed by atoms with Crippen LogP contribution in [0.5, 0.6) is 0 Å². The highest BCUT2D eigenvalue weighted by molar-refractivity contribution is 5.73. The molecule has 104 valence electrons. The Morgan fingerprint density at radius 2 is 2.05 bits per heavy atom. The number of nitrogens with zero attached hydrogens (tertiary/aromatic N) is 2. The molecule has 4 nitrogen and oxygen atoms in total. The highest BCUT2D eigenvalue weighted by atomic mass is 79.9. The second-order valence-electron chi connectivity index (χ2n) is 4.54. The van der Waals surface area contributed by atoms with E-state index in [-0.39, 0.29) is 29.5 Å². The van der Waals surface area contributed by atoms with Gasteiger partial charge in [0.25, 0.3) is 0 Å². The molecule has 0 aliphatic rings. The van der Waals surface area contributed by atoms with E-state index in [1.165, 1.54) is 0 Å². The van der Waals surface area contributed by atoms with Crippen LogP contribution in [0.4, 0.5) is 0 Å². The minimum absolute atomic E-state index is 0. The van der Waals surface area contributed by atoms with Gasteiger partial charge in [-0.2, -0.15) is 0 Å². The van der Waals surface area contributed by atoms with Gasteiger partial charge < -0.3 is 21.7 Å². The summed E-state index contributed by atoms with van der Waals surface area (Å²) >= 11 is 0. The number of hydrogen-bond donors (Lipinski definition) is 0. The van der Waals surface area contributed by atoms with Crippen molar-refractivity contribution in [2.24, 2.45) is 0 Å². The van der Waals surface area contributed by atoms with Gasteiger partial charge >= 0.3 is 5.97 Å². The number of esters is 1. The lowest BCUT2D eigenvalue weighted by Gasteiger charge is -1.99. The molecular weight excluding hydrogens is 308 g/mol. The maximum absolute atomic E-state index is 11.6. The number of hydrogen-bond acceptors (Lipinski definition) is 2. The minimum Gasteiger partial charge on any atom is -1.00 e. The Bertz CT molecular complexity index is 564. The molecule has 19 heavy (non-hydrogen) atoms. The summed E-state index contributed by atoms with van der Waals surface area (Å²) in [6.07, 6.45) is 1.98. The van der Waals surface area contributed by atoms with E-state index in [1.807, 2.05) is 36.0 Å². The molecule has 0 saturated carbocycles. The van der Waals surface area contributed by atoms with Crippen LogP contribution in [0.1, 0.15) is 26.8 Å². The largest absolute Gasteiger partial charge is 1.00 e. The topological polar surface area (TPSA) is 35.1 Å². The van der Waals surface area contributed by atoms with E-state index < -0.39 is 0 Å². The molecule has 0 N–H and O–H groups in total. The summed E-state index contributed by atoms with van der Waals surface area (Å²) in [5.41, 5.74) is 2.19. The van der Waals surface area contributed by atoms with Crippen LogP contribution in [0.2, 0.25) is 0 Å². The standard InChI is InChI=1S/C14H19N2O2.BrH/c1-4-18-14(17)9-15-10-16(11(2)3)13-8-6-5-7-12(13)15;/h5-8,10-11H,4,9H2,1-3H3;1H/q+1;/p-1. The first-order valence-electron chi connectivity index (χ1n) is 6.28. The van der Waals surface area contributed by atoms with E-state index in [4.69, 9.17) is 4.74 Å². The Morgan fingerprint density at radius 1 is 1.37 bits per heavy atom. The summed E-state index contributed by atoms with van der Waals surface area (Å²) in [7, 11) is 0. The Labute approximate surface area is 123 Å². The van der Waals surface area contributed by atoms with Crippen molar-refractivity contribution in [1.29, 1.82) is 0 Å². The van der Waals surface area contributed by atoms with Crippen LogP contribution in [0.3, 0.4) is 0 Å². The highest BCUT2D eigenvalue weighted by Gasteiger charge is 2.19. The second-order valence-corrected chi connectivity index (χ2v) is 4.54. The Balaban J connectivity index is 0.00000180. The van der Waals surface area contributed by atoms with Crippen molar-refractivity contribution < 1.29 is 31.1 Å². The summed E-state index contributed by atoms with van der Waals surface area (Å²) in [5.74, 6) is -0.200. The lowest BCUT2D eigenvalue weighted by molar-refractivity contribution is -0.661. The Kier molecular flexibility index (Phi) is 5.54. The molecule has 0 saturated heterocycles. The lowest BCUT2D eigenvalue weighted by Crippen LogP contribution is -3.00. The molecule has 0 aliphatic carbocycles. The molecule has 0 amide bonds. The maximum atomic E-state index is 11.6. The highest BCUT2D eigenvalue weighted by Crippen LogP contribution is 2.15. The van der Waals surface area contributed by atoms with Crippen molar-refractivity contribution in [3.63, 3.8) is 0 Å². The van der Waals surface area contributed by atoms with Crippen LogP contribution >= 0.6 is 0 Å². The fraction of sp³-hybridized carbons (Fsp3) is 0.429. The molecule has 0 fully saturated rings. The monoisotopic (exact) mass is 326 g/mol. The fourth-order valence-corrected chi connectivity index (χ4v) is 2.08. The molecule has 1 aromatic carbocycles. The SMILES string of the molecule is CCOC(=O)C[n+]1cn(C(C)C)c2ccccc21.[Br-]. The third-order valence-electron chi connectivity index (χ3n) is 2.89. The van der Waals surface area contributed by atoms with Crippen molar-refractivity contribution in [3.05, 3.63) is 30.6 Å². The molecule has 2 aromatic rings. The number of rotatable bonds is 4. The number of benzene rings is 1. The van der Waals surface area contributed by atoms with Gasteiger partial charge in [0.15, 0.2) is 17.6 Å². The van der Waals surface area contributed by atoms with Crippen molar-refractivity contribution >= 4 is 17.0 Å². The molecule has 1 aromatic heterocycles. The lowest BCUT2D eigenvalue weighted by atomic mass is 10.3. The summed E-state index contributed by atoms with van der Waals surface area (Å²) in [5, 5.41) is 0. The number of fused-ring (bicyclic) bond motifs is 1. The van der Waals surface area contributed by atoms with Gasteiger partial charge in [0.2, 0.25) is 6.33 Å². The third kappa shape index (κ3) is 3.35. The van der Waals surface area contributed by atoms with Crippen molar-refractivity contribution in [1.82, 2.24) is 4.57 Å². The number of imidazole rings is 1. The second kappa shape index (κ2) is 6.70. The number of carbonyl (C=O) groups excluding carboxylic acids is 1. The number of halogens is 1. The van der Waals surface area contributed by atoms with Crippen LogP contribution < -0.4 is 21.5 Å². The summed E-state index contributed by atoms with van der Waals surface area (Å²) in [6, 6.07) is 8.44. The van der Waals surface area contributed by atoms with Gasteiger partial charge in [0, 0.05) is 0 Å². The van der Waals surface area contributed by atoms with Gasteiger partial charge in [-0.1, -0.05) is 12.1 Å². The zero-order valence-corrected chi connectivity index (χ0v) is 13.1. The maximum Gasteiger partial charge on any atom is 0.348 e. The zero-order valence-electron chi connectivity index (χ0n) is 11.5. The Morgan fingerprint density at radius 3 is 2.68 bits per heavy atom. The molecular formula is C14H19BrN2O2. The molecule has 0 unspecified atom stereocenters. The summed E-state index contributed by atoms with van der Waals surface area (Å²) in [6.45, 7) is 6.75. The third-order valence-corrected chi connectivity index (χ3v) is 2.89. The van der Waals surface area contributed by atoms with E-state index >= 15 is 0 Å². The number of para-hydroxylation sites is 2. The van der Waals surface area contributed by atoms with Crippen LogP contribution in [-0.4, -0.2) is 17.1 Å². The Hall–Kier alpha value is -1.36. The molecule has 0 aliphatic heterocycles.